The molecule has 3 aromatic rings. The molecule has 9 heteroatoms. The average molecular weight is 437 g/mol. The van der Waals surface area contributed by atoms with Crippen LogP contribution in [-0.2, 0) is 11.3 Å². The number of benzene rings is 1. The molecule has 0 atom stereocenters. The third-order valence-corrected chi connectivity index (χ3v) is 6.26. The third-order valence-electron chi connectivity index (χ3n) is 5.31. The smallest absolute Gasteiger partial charge is 0.233 e. The molecule has 1 aliphatic rings. The molecule has 1 amide bonds. The van der Waals surface area contributed by atoms with Crippen molar-refractivity contribution in [2.75, 3.05) is 36.8 Å². The molecule has 1 saturated heterocycles. The van der Waals surface area contributed by atoms with Crippen LogP contribution in [0.1, 0.15) is 18.9 Å². The topological polar surface area (TPSA) is 91.2 Å². The Bertz CT molecular complexity index is 1050. The molecule has 0 N–H and O–H groups in total. The number of rotatable bonds is 6. The van der Waals surface area contributed by atoms with E-state index in [1.807, 2.05) is 52.8 Å². The van der Waals surface area contributed by atoms with Crippen molar-refractivity contribution in [2.24, 2.45) is 0 Å². The first kappa shape index (κ1) is 21.0. The fourth-order valence-corrected chi connectivity index (χ4v) is 4.56. The number of thioether (sulfide) groups is 1. The Morgan fingerprint density at radius 2 is 2.00 bits per heavy atom. The number of amides is 1. The van der Waals surface area contributed by atoms with Crippen LogP contribution in [0, 0.1) is 11.3 Å². The van der Waals surface area contributed by atoms with Crippen LogP contribution in [0.15, 0.2) is 52.2 Å². The lowest BCUT2D eigenvalue weighted by Crippen LogP contribution is -2.36. The van der Waals surface area contributed by atoms with Gasteiger partial charge in [0.15, 0.2) is 16.7 Å². The Kier molecular flexibility index (Phi) is 6.57. The summed E-state index contributed by atoms with van der Waals surface area (Å²) in [6.45, 7) is 5.80. The molecule has 160 valence electrons. The van der Waals surface area contributed by atoms with Gasteiger partial charge < -0.3 is 14.2 Å². The van der Waals surface area contributed by atoms with Crippen LogP contribution in [0.4, 0.5) is 5.69 Å². The molecule has 1 aliphatic heterocycles. The van der Waals surface area contributed by atoms with Crippen molar-refractivity contribution < 1.29 is 9.21 Å². The van der Waals surface area contributed by atoms with Gasteiger partial charge in [-0.05, 0) is 49.7 Å². The SMILES string of the molecule is CCn1c(SCC(=O)N2CCCN(c3ccc(C#N)cc3)CC2)nnc1-c1ccco1. The number of nitriles is 1. The van der Waals surface area contributed by atoms with Crippen LogP contribution >= 0.6 is 11.8 Å². The highest BCUT2D eigenvalue weighted by Gasteiger charge is 2.21. The monoisotopic (exact) mass is 436 g/mol. The van der Waals surface area contributed by atoms with Gasteiger partial charge in [0, 0.05) is 38.4 Å². The van der Waals surface area contributed by atoms with Crippen molar-refractivity contribution in [3.05, 3.63) is 48.2 Å². The fraction of sp³-hybridized carbons (Fsp3) is 0.364. The van der Waals surface area contributed by atoms with Crippen molar-refractivity contribution in [3.63, 3.8) is 0 Å². The molecule has 1 aromatic carbocycles. The maximum atomic E-state index is 12.9. The predicted octanol–water partition coefficient (Wildman–Crippen LogP) is 3.26. The fourth-order valence-electron chi connectivity index (χ4n) is 3.66. The zero-order valence-corrected chi connectivity index (χ0v) is 18.2. The van der Waals surface area contributed by atoms with E-state index in [9.17, 15) is 4.79 Å². The molecule has 3 heterocycles. The number of nitrogens with zero attached hydrogens (tertiary/aromatic N) is 6. The number of hydrogen-bond acceptors (Lipinski definition) is 7. The molecule has 0 spiro atoms. The van der Waals surface area contributed by atoms with Gasteiger partial charge in [-0.1, -0.05) is 11.8 Å². The predicted molar refractivity (Wildman–Crippen MR) is 119 cm³/mol. The van der Waals surface area contributed by atoms with Gasteiger partial charge in [0.2, 0.25) is 5.91 Å². The molecular weight excluding hydrogens is 412 g/mol. The minimum absolute atomic E-state index is 0.108. The molecule has 8 nitrogen and oxygen atoms in total. The lowest BCUT2D eigenvalue weighted by Gasteiger charge is -2.23. The molecule has 0 bridgehead atoms. The van der Waals surface area contributed by atoms with E-state index in [0.29, 0.717) is 36.0 Å². The highest BCUT2D eigenvalue weighted by molar-refractivity contribution is 7.99. The van der Waals surface area contributed by atoms with Gasteiger partial charge in [0.05, 0.1) is 23.6 Å². The number of aromatic nitrogens is 3. The van der Waals surface area contributed by atoms with Gasteiger partial charge in [-0.15, -0.1) is 10.2 Å². The van der Waals surface area contributed by atoms with Crippen LogP contribution < -0.4 is 4.90 Å². The minimum Gasteiger partial charge on any atom is -0.461 e. The number of carbonyl (C=O) groups is 1. The van der Waals surface area contributed by atoms with E-state index in [-0.39, 0.29) is 5.91 Å². The van der Waals surface area contributed by atoms with E-state index in [2.05, 4.69) is 21.2 Å². The van der Waals surface area contributed by atoms with Gasteiger partial charge in [-0.3, -0.25) is 9.36 Å². The van der Waals surface area contributed by atoms with E-state index in [4.69, 9.17) is 9.68 Å². The van der Waals surface area contributed by atoms with Crippen molar-refractivity contribution >= 4 is 23.4 Å². The zero-order valence-electron chi connectivity index (χ0n) is 17.4. The molecule has 1 fully saturated rings. The molecular formula is C22H24N6O2S. The van der Waals surface area contributed by atoms with Crippen molar-refractivity contribution in [1.82, 2.24) is 19.7 Å². The molecule has 31 heavy (non-hydrogen) atoms. The van der Waals surface area contributed by atoms with Gasteiger partial charge in [-0.25, -0.2) is 0 Å². The Morgan fingerprint density at radius 1 is 1.16 bits per heavy atom. The number of anilines is 1. The molecule has 0 saturated carbocycles. The van der Waals surface area contributed by atoms with E-state index < -0.39 is 0 Å². The first-order valence-corrected chi connectivity index (χ1v) is 11.3. The molecule has 0 radical (unpaired) electrons. The number of carbonyl (C=O) groups excluding carboxylic acids is 1. The summed E-state index contributed by atoms with van der Waals surface area (Å²) in [7, 11) is 0. The van der Waals surface area contributed by atoms with E-state index in [1.165, 1.54) is 11.8 Å². The van der Waals surface area contributed by atoms with Gasteiger partial charge >= 0.3 is 0 Å². The third kappa shape index (κ3) is 4.75. The summed E-state index contributed by atoms with van der Waals surface area (Å²) < 4.78 is 7.41. The van der Waals surface area contributed by atoms with Crippen LogP contribution in [-0.4, -0.2) is 57.5 Å². The van der Waals surface area contributed by atoms with Gasteiger partial charge in [0.1, 0.15) is 0 Å². The Hall–Kier alpha value is -3.25. The lowest BCUT2D eigenvalue weighted by molar-refractivity contribution is -0.128. The standard InChI is InChI=1S/C22H24N6O2S/c1-2-28-21(19-5-3-14-30-19)24-25-22(28)31-16-20(29)27-11-4-10-26(12-13-27)18-8-6-17(15-23)7-9-18/h3,5-9,14H,2,4,10-13,16H2,1H3. The normalized spacial score (nSPS) is 14.3. The maximum absolute atomic E-state index is 12.9. The lowest BCUT2D eigenvalue weighted by atomic mass is 10.2. The largest absolute Gasteiger partial charge is 0.461 e. The van der Waals surface area contributed by atoms with Crippen LogP contribution in [0.5, 0.6) is 0 Å². The Labute approximate surface area is 185 Å². The van der Waals surface area contributed by atoms with Crippen LogP contribution in [0.2, 0.25) is 0 Å². The summed E-state index contributed by atoms with van der Waals surface area (Å²) >= 11 is 1.41. The second-order valence-corrected chi connectivity index (χ2v) is 8.14. The van der Waals surface area contributed by atoms with Crippen LogP contribution in [0.25, 0.3) is 11.6 Å². The quantitative estimate of drug-likeness (QED) is 0.548. The highest BCUT2D eigenvalue weighted by atomic mass is 32.2. The van der Waals surface area contributed by atoms with Crippen LogP contribution in [0.3, 0.4) is 0 Å². The molecule has 2 aromatic heterocycles. The summed E-state index contributed by atoms with van der Waals surface area (Å²) in [4.78, 5) is 17.1. The molecule has 4 rings (SSSR count). The summed E-state index contributed by atoms with van der Waals surface area (Å²) in [6, 6.07) is 13.4. The Morgan fingerprint density at radius 3 is 2.71 bits per heavy atom. The van der Waals surface area contributed by atoms with Crippen molar-refractivity contribution in [3.8, 4) is 17.7 Å². The first-order chi connectivity index (χ1) is 15.2. The summed E-state index contributed by atoms with van der Waals surface area (Å²) in [5.74, 6) is 1.78. The van der Waals surface area contributed by atoms with Crippen molar-refractivity contribution in [1.29, 1.82) is 5.26 Å². The second-order valence-electron chi connectivity index (χ2n) is 7.20. The van der Waals surface area contributed by atoms with E-state index in [0.717, 1.165) is 36.9 Å². The summed E-state index contributed by atoms with van der Waals surface area (Å²) in [5, 5.41) is 18.2. The minimum atomic E-state index is 0.108. The number of hydrogen-bond donors (Lipinski definition) is 0. The van der Waals surface area contributed by atoms with Gasteiger partial charge in [0.25, 0.3) is 0 Å². The van der Waals surface area contributed by atoms with E-state index >= 15 is 0 Å². The number of furan rings is 1. The zero-order chi connectivity index (χ0) is 21.6. The van der Waals surface area contributed by atoms with E-state index in [1.54, 1.807) is 6.26 Å². The first-order valence-electron chi connectivity index (χ1n) is 10.3. The highest BCUT2D eigenvalue weighted by Crippen LogP contribution is 2.25. The molecule has 0 unspecified atom stereocenters. The maximum Gasteiger partial charge on any atom is 0.233 e. The van der Waals surface area contributed by atoms with Crippen molar-refractivity contribution in [2.45, 2.75) is 25.0 Å². The Balaban J connectivity index is 1.35. The van der Waals surface area contributed by atoms with Gasteiger partial charge in [-0.2, -0.15) is 5.26 Å². The summed E-state index contributed by atoms with van der Waals surface area (Å²) in [6.07, 6.45) is 2.52. The second kappa shape index (κ2) is 9.71. The molecule has 0 aliphatic carbocycles. The average Bonchev–Trinajstić information content (AvgIpc) is 3.41. The summed E-state index contributed by atoms with van der Waals surface area (Å²) in [5.41, 5.74) is 1.74.